The number of nitrogens with zero attached hydrogens (tertiary/aromatic N) is 2. The predicted molar refractivity (Wildman–Crippen MR) is 161 cm³/mol. The van der Waals surface area contributed by atoms with Gasteiger partial charge in [0, 0.05) is 18.2 Å². The number of aryl methyl sites for hydroxylation is 2. The lowest BCUT2D eigenvalue weighted by atomic mass is 10.0. The van der Waals surface area contributed by atoms with Gasteiger partial charge < -0.3 is 10.1 Å². The number of carbonyl (C=O) groups excluding carboxylic acids is 2. The van der Waals surface area contributed by atoms with Gasteiger partial charge >= 0.3 is 6.18 Å². The molecule has 5 nitrogen and oxygen atoms in total. The Hall–Kier alpha value is -3.55. The van der Waals surface area contributed by atoms with Crippen LogP contribution in [0.1, 0.15) is 102 Å². The maximum absolute atomic E-state index is 12.5. The van der Waals surface area contributed by atoms with Gasteiger partial charge in [0.25, 0.3) is 5.91 Å². The minimum Gasteiger partial charge on any atom is -0.319 e. The summed E-state index contributed by atoms with van der Waals surface area (Å²) in [7, 11) is 0. The first kappa shape index (κ1) is 38.6. The number of pyridine rings is 2. The van der Waals surface area contributed by atoms with Gasteiger partial charge in [-0.3, -0.25) is 9.78 Å². The van der Waals surface area contributed by atoms with Gasteiger partial charge in [0.1, 0.15) is 17.2 Å². The van der Waals surface area contributed by atoms with Crippen molar-refractivity contribution in [3.8, 4) is 11.1 Å². The normalized spacial score (nSPS) is 9.62. The van der Waals surface area contributed by atoms with Crippen molar-refractivity contribution in [3.05, 3.63) is 77.4 Å². The van der Waals surface area contributed by atoms with Gasteiger partial charge in [-0.05, 0) is 62.1 Å². The lowest BCUT2D eigenvalue weighted by Gasteiger charge is -2.11. The standard InChI is InChI=1S/C20H16F3N3O.C5H10O.C3H8.2C2H6/c1-12-5-3-4-6-16(12)14-9-13(2)18(25-10-14)19(27)26-15-7-8-17(24-11-15)20(21,22)23;1-3-4-5(2)6;1-3-2;2*1-2/h3-11H,1-2H3,(H,26,27);3-4H2,1-2H3;3H2,1-2H3;2*1-2H3. The largest absolute Gasteiger partial charge is 0.433 e. The highest BCUT2D eigenvalue weighted by molar-refractivity contribution is 6.04. The molecular weight excluding hydrogens is 515 g/mol. The van der Waals surface area contributed by atoms with Crippen LogP contribution in [0.2, 0.25) is 0 Å². The molecule has 2 heterocycles. The number of anilines is 1. The lowest BCUT2D eigenvalue weighted by Crippen LogP contribution is -2.16. The molecular formula is C32H46F3N3O2. The van der Waals surface area contributed by atoms with E-state index >= 15 is 0 Å². The van der Waals surface area contributed by atoms with Crippen molar-refractivity contribution in [3.63, 3.8) is 0 Å². The van der Waals surface area contributed by atoms with Crippen LogP contribution in [0.4, 0.5) is 18.9 Å². The summed E-state index contributed by atoms with van der Waals surface area (Å²) in [4.78, 5) is 30.0. The zero-order chi connectivity index (χ0) is 31.3. The van der Waals surface area contributed by atoms with Crippen molar-refractivity contribution < 1.29 is 22.8 Å². The third-order valence-corrected chi connectivity index (χ3v) is 4.66. The molecule has 8 heteroatoms. The smallest absolute Gasteiger partial charge is 0.319 e. The summed E-state index contributed by atoms with van der Waals surface area (Å²) in [6.07, 6.45) is 1.02. The van der Waals surface area contributed by atoms with Crippen molar-refractivity contribution in [1.29, 1.82) is 0 Å². The van der Waals surface area contributed by atoms with E-state index in [1.807, 2.05) is 71.9 Å². The molecule has 0 atom stereocenters. The number of amides is 1. The zero-order valence-electron chi connectivity index (χ0n) is 25.7. The van der Waals surface area contributed by atoms with Gasteiger partial charge in [0.15, 0.2) is 0 Å². The number of benzene rings is 1. The number of ketones is 1. The molecule has 0 aliphatic heterocycles. The average molecular weight is 562 g/mol. The van der Waals surface area contributed by atoms with E-state index < -0.39 is 17.8 Å². The Kier molecular flexibility index (Phi) is 20.5. The molecule has 0 saturated carbocycles. The predicted octanol–water partition coefficient (Wildman–Crippen LogP) is 9.88. The molecule has 0 fully saturated rings. The molecule has 0 aliphatic rings. The summed E-state index contributed by atoms with van der Waals surface area (Å²) in [5.74, 6) is -0.220. The molecule has 0 unspecified atom stereocenters. The first-order valence-corrected chi connectivity index (χ1v) is 13.8. The van der Waals surface area contributed by atoms with Crippen LogP contribution >= 0.6 is 0 Å². The van der Waals surface area contributed by atoms with Crippen molar-refractivity contribution in [2.24, 2.45) is 0 Å². The second-order valence-corrected chi connectivity index (χ2v) is 8.25. The minimum atomic E-state index is -4.52. The molecule has 0 spiro atoms. The van der Waals surface area contributed by atoms with Gasteiger partial charge in [-0.25, -0.2) is 4.98 Å². The molecule has 1 N–H and O–H groups in total. The average Bonchev–Trinajstić information content (AvgIpc) is 2.92. The van der Waals surface area contributed by atoms with E-state index in [4.69, 9.17) is 0 Å². The second-order valence-electron chi connectivity index (χ2n) is 8.25. The molecule has 0 saturated heterocycles. The van der Waals surface area contributed by atoms with Crippen molar-refractivity contribution in [1.82, 2.24) is 9.97 Å². The fraction of sp³-hybridized carbons (Fsp3) is 0.438. The molecule has 0 aliphatic carbocycles. The minimum absolute atomic E-state index is 0.164. The number of rotatable bonds is 5. The van der Waals surface area contributed by atoms with Gasteiger partial charge in [-0.15, -0.1) is 0 Å². The van der Waals surface area contributed by atoms with E-state index in [0.29, 0.717) is 5.56 Å². The summed E-state index contributed by atoms with van der Waals surface area (Å²) in [5, 5.41) is 2.52. The van der Waals surface area contributed by atoms with Crippen LogP contribution in [0, 0.1) is 13.8 Å². The Morgan fingerprint density at radius 2 is 1.43 bits per heavy atom. The first-order valence-electron chi connectivity index (χ1n) is 13.8. The molecule has 3 rings (SSSR count). The Balaban J connectivity index is 0. The monoisotopic (exact) mass is 561 g/mol. The molecule has 1 amide bonds. The van der Waals surface area contributed by atoms with Crippen LogP contribution in [-0.4, -0.2) is 21.7 Å². The van der Waals surface area contributed by atoms with Crippen LogP contribution in [-0.2, 0) is 11.0 Å². The number of halogens is 3. The number of hydrogen-bond donors (Lipinski definition) is 1. The van der Waals surface area contributed by atoms with E-state index in [9.17, 15) is 22.8 Å². The topological polar surface area (TPSA) is 72.0 Å². The molecule has 222 valence electrons. The Bertz CT molecular complexity index is 1130. The van der Waals surface area contributed by atoms with Crippen molar-refractivity contribution in [2.45, 2.75) is 94.7 Å². The number of nitrogens with one attached hydrogen (secondary N) is 1. The second kappa shape index (κ2) is 21.3. The molecule has 2 aromatic heterocycles. The summed E-state index contributed by atoms with van der Waals surface area (Å²) in [6, 6.07) is 11.7. The van der Waals surface area contributed by atoms with E-state index in [1.54, 1.807) is 20.0 Å². The quantitative estimate of drug-likeness (QED) is 0.336. The fourth-order valence-corrected chi connectivity index (χ4v) is 3.03. The van der Waals surface area contributed by atoms with Crippen LogP contribution < -0.4 is 5.32 Å². The summed E-state index contributed by atoms with van der Waals surface area (Å²) >= 11 is 0. The molecule has 0 radical (unpaired) electrons. The van der Waals surface area contributed by atoms with Gasteiger partial charge in [0.2, 0.25) is 0 Å². The van der Waals surface area contributed by atoms with Gasteiger partial charge in [-0.1, -0.05) is 79.2 Å². The maximum Gasteiger partial charge on any atom is 0.433 e. The summed E-state index contributed by atoms with van der Waals surface area (Å²) in [6.45, 7) is 19.6. The highest BCUT2D eigenvalue weighted by Crippen LogP contribution is 2.28. The van der Waals surface area contributed by atoms with E-state index in [1.165, 1.54) is 6.42 Å². The highest BCUT2D eigenvalue weighted by atomic mass is 19.4. The summed E-state index contributed by atoms with van der Waals surface area (Å²) in [5.41, 5.74) is 3.01. The van der Waals surface area contributed by atoms with Gasteiger partial charge in [-0.2, -0.15) is 13.2 Å². The third-order valence-electron chi connectivity index (χ3n) is 4.66. The molecule has 0 bridgehead atoms. The number of carbonyl (C=O) groups is 2. The van der Waals surface area contributed by atoms with Crippen LogP contribution in [0.3, 0.4) is 0 Å². The van der Waals surface area contributed by atoms with Crippen molar-refractivity contribution >= 4 is 17.4 Å². The van der Waals surface area contributed by atoms with Crippen LogP contribution in [0.5, 0.6) is 0 Å². The maximum atomic E-state index is 12.5. The molecule has 40 heavy (non-hydrogen) atoms. The lowest BCUT2D eigenvalue weighted by molar-refractivity contribution is -0.141. The zero-order valence-corrected chi connectivity index (χ0v) is 25.7. The van der Waals surface area contributed by atoms with E-state index in [-0.39, 0.29) is 17.2 Å². The Morgan fingerprint density at radius 1 is 0.850 bits per heavy atom. The van der Waals surface area contributed by atoms with Crippen LogP contribution in [0.25, 0.3) is 11.1 Å². The van der Waals surface area contributed by atoms with Crippen LogP contribution in [0.15, 0.2) is 54.9 Å². The number of hydrogen-bond acceptors (Lipinski definition) is 4. The Labute approximate surface area is 238 Å². The van der Waals surface area contributed by atoms with Crippen molar-refractivity contribution in [2.75, 3.05) is 5.32 Å². The number of aromatic nitrogens is 2. The molecule has 3 aromatic rings. The summed E-state index contributed by atoms with van der Waals surface area (Å²) < 4.78 is 37.6. The first-order chi connectivity index (χ1) is 18.9. The highest BCUT2D eigenvalue weighted by Gasteiger charge is 2.32. The van der Waals surface area contributed by atoms with E-state index in [2.05, 4.69) is 29.1 Å². The third kappa shape index (κ3) is 14.6. The number of alkyl halides is 3. The SMILES string of the molecule is CC.CC.CCC.CCCC(C)=O.Cc1ccccc1-c1cnc(C(=O)Nc2ccc(C(F)(F)F)nc2)c(C)c1. The number of Topliss-reactive ketones (excluding diaryl/α,β-unsaturated/α-hetero) is 1. The molecule has 1 aromatic carbocycles. The van der Waals surface area contributed by atoms with Gasteiger partial charge in [0.05, 0.1) is 11.9 Å². The Morgan fingerprint density at radius 3 is 1.82 bits per heavy atom. The van der Waals surface area contributed by atoms with E-state index in [0.717, 1.165) is 47.9 Å². The fourth-order valence-electron chi connectivity index (χ4n) is 3.03.